The van der Waals surface area contributed by atoms with E-state index in [1.165, 1.54) is 11.1 Å². The smallest absolute Gasteiger partial charge is 0.0208 e. The highest BCUT2D eigenvalue weighted by atomic mass is 14.9. The Morgan fingerprint density at radius 2 is 2.27 bits per heavy atom. The third kappa shape index (κ3) is 4.80. The molecule has 0 aliphatic heterocycles. The van der Waals surface area contributed by atoms with Gasteiger partial charge in [0.25, 0.3) is 0 Å². The highest BCUT2D eigenvalue weighted by Gasteiger charge is 1.99. The van der Waals surface area contributed by atoms with Crippen molar-refractivity contribution in [2.75, 3.05) is 0 Å². The first-order valence-corrected chi connectivity index (χ1v) is 5.62. The van der Waals surface area contributed by atoms with Crippen molar-refractivity contribution >= 4 is 0 Å². The van der Waals surface area contributed by atoms with Crippen molar-refractivity contribution in [1.29, 1.82) is 0 Å². The van der Waals surface area contributed by atoms with Gasteiger partial charge in [-0.15, -0.1) is 6.58 Å². The van der Waals surface area contributed by atoms with Gasteiger partial charge in [-0.05, 0) is 32.3 Å². The van der Waals surface area contributed by atoms with Crippen LogP contribution >= 0.6 is 0 Å². The quantitative estimate of drug-likeness (QED) is 0.698. The molecule has 1 atom stereocenters. The number of hydrogen-bond donors (Lipinski definition) is 1. The maximum Gasteiger partial charge on any atom is 0.0208 e. The Balaban J connectivity index is 2.33. The predicted octanol–water partition coefficient (Wildman–Crippen LogP) is 3.44. The lowest BCUT2D eigenvalue weighted by molar-refractivity contribution is 0.518. The molecule has 1 aromatic rings. The molecule has 15 heavy (non-hydrogen) atoms. The molecule has 0 heterocycles. The van der Waals surface area contributed by atoms with E-state index in [2.05, 4.69) is 50.0 Å². The van der Waals surface area contributed by atoms with Crippen molar-refractivity contribution in [1.82, 2.24) is 5.32 Å². The van der Waals surface area contributed by atoms with Crippen LogP contribution in [0.15, 0.2) is 36.9 Å². The standard InChI is InChI=1S/C14H21N/c1-4-5-8-13(3)15-11-14-9-6-7-12(2)10-14/h4,6-7,9-10,13,15H,1,5,8,11H2,2-3H3/t13-/m0/s1. The molecule has 1 nitrogen and oxygen atoms in total. The van der Waals surface area contributed by atoms with Crippen molar-refractivity contribution in [3.63, 3.8) is 0 Å². The molecule has 0 aliphatic rings. The highest BCUT2D eigenvalue weighted by Crippen LogP contribution is 2.04. The maximum absolute atomic E-state index is 3.73. The fourth-order valence-corrected chi connectivity index (χ4v) is 1.58. The number of hydrogen-bond acceptors (Lipinski definition) is 1. The van der Waals surface area contributed by atoms with E-state index in [1.54, 1.807) is 0 Å². The van der Waals surface area contributed by atoms with E-state index in [4.69, 9.17) is 0 Å². The zero-order valence-corrected chi connectivity index (χ0v) is 9.79. The minimum atomic E-state index is 0.559. The van der Waals surface area contributed by atoms with E-state index < -0.39 is 0 Å². The van der Waals surface area contributed by atoms with Gasteiger partial charge in [-0.3, -0.25) is 0 Å². The van der Waals surface area contributed by atoms with Crippen molar-refractivity contribution in [3.05, 3.63) is 48.0 Å². The van der Waals surface area contributed by atoms with E-state index in [-0.39, 0.29) is 0 Å². The van der Waals surface area contributed by atoms with Crippen LogP contribution in [0, 0.1) is 6.92 Å². The molecular formula is C14H21N. The molecule has 0 saturated carbocycles. The van der Waals surface area contributed by atoms with Gasteiger partial charge in [0, 0.05) is 12.6 Å². The summed E-state index contributed by atoms with van der Waals surface area (Å²) in [4.78, 5) is 0. The summed E-state index contributed by atoms with van der Waals surface area (Å²) in [7, 11) is 0. The van der Waals surface area contributed by atoms with Gasteiger partial charge in [0.2, 0.25) is 0 Å². The average Bonchev–Trinajstić information content (AvgIpc) is 2.23. The summed E-state index contributed by atoms with van der Waals surface area (Å²) in [5.41, 5.74) is 2.69. The Kier molecular flexibility index (Phi) is 5.13. The SMILES string of the molecule is C=CCC[C@H](C)NCc1cccc(C)c1. The second-order valence-corrected chi connectivity index (χ2v) is 4.14. The van der Waals surface area contributed by atoms with Crippen molar-refractivity contribution < 1.29 is 0 Å². The molecule has 0 amide bonds. The van der Waals surface area contributed by atoms with Crippen molar-refractivity contribution in [2.24, 2.45) is 0 Å². The lowest BCUT2D eigenvalue weighted by atomic mass is 10.1. The van der Waals surface area contributed by atoms with Crippen LogP contribution in [0.1, 0.15) is 30.9 Å². The number of rotatable bonds is 6. The number of nitrogens with one attached hydrogen (secondary N) is 1. The molecule has 0 radical (unpaired) electrons. The molecule has 0 saturated heterocycles. The van der Waals surface area contributed by atoms with Gasteiger partial charge < -0.3 is 5.32 Å². The van der Waals surface area contributed by atoms with Crippen LogP contribution in [0.25, 0.3) is 0 Å². The number of aryl methyl sites for hydroxylation is 1. The third-order valence-corrected chi connectivity index (χ3v) is 2.54. The Morgan fingerprint density at radius 1 is 1.47 bits per heavy atom. The molecule has 1 heteroatoms. The second kappa shape index (κ2) is 6.41. The van der Waals surface area contributed by atoms with Gasteiger partial charge in [-0.25, -0.2) is 0 Å². The summed E-state index contributed by atoms with van der Waals surface area (Å²) in [5.74, 6) is 0. The van der Waals surface area contributed by atoms with Gasteiger partial charge >= 0.3 is 0 Å². The zero-order valence-electron chi connectivity index (χ0n) is 9.79. The maximum atomic E-state index is 3.73. The highest BCUT2D eigenvalue weighted by molar-refractivity contribution is 5.21. The predicted molar refractivity (Wildman–Crippen MR) is 66.9 cm³/mol. The fourth-order valence-electron chi connectivity index (χ4n) is 1.58. The number of allylic oxidation sites excluding steroid dienone is 1. The third-order valence-electron chi connectivity index (χ3n) is 2.54. The van der Waals surface area contributed by atoms with E-state index in [1.807, 2.05) is 6.08 Å². The average molecular weight is 203 g/mol. The molecule has 0 aliphatic carbocycles. The summed E-state index contributed by atoms with van der Waals surface area (Å²) in [6.45, 7) is 9.04. The fraction of sp³-hybridized carbons (Fsp3) is 0.429. The first-order chi connectivity index (χ1) is 7.22. The minimum absolute atomic E-state index is 0.559. The summed E-state index contributed by atoms with van der Waals surface area (Å²) >= 11 is 0. The normalized spacial score (nSPS) is 12.4. The van der Waals surface area contributed by atoms with Crippen molar-refractivity contribution in [2.45, 2.75) is 39.3 Å². The van der Waals surface area contributed by atoms with E-state index >= 15 is 0 Å². The lowest BCUT2D eigenvalue weighted by Crippen LogP contribution is -2.25. The van der Waals surface area contributed by atoms with Gasteiger partial charge in [0.1, 0.15) is 0 Å². The van der Waals surface area contributed by atoms with Gasteiger partial charge in [0.05, 0.1) is 0 Å². The van der Waals surface area contributed by atoms with Crippen LogP contribution in [-0.2, 0) is 6.54 Å². The van der Waals surface area contributed by atoms with Crippen LogP contribution in [0.2, 0.25) is 0 Å². The van der Waals surface area contributed by atoms with Crippen LogP contribution < -0.4 is 5.32 Å². The molecule has 0 bridgehead atoms. The molecule has 0 fully saturated rings. The Hall–Kier alpha value is -1.08. The first-order valence-electron chi connectivity index (χ1n) is 5.62. The first kappa shape index (κ1) is 12.0. The summed E-state index contributed by atoms with van der Waals surface area (Å²) in [6, 6.07) is 9.20. The Labute approximate surface area is 93.2 Å². The van der Waals surface area contributed by atoms with Gasteiger partial charge in [-0.2, -0.15) is 0 Å². The van der Waals surface area contributed by atoms with Crippen LogP contribution in [0.5, 0.6) is 0 Å². The van der Waals surface area contributed by atoms with Crippen LogP contribution in [-0.4, -0.2) is 6.04 Å². The molecule has 0 aromatic heterocycles. The minimum Gasteiger partial charge on any atom is -0.310 e. The molecule has 82 valence electrons. The van der Waals surface area contributed by atoms with Crippen molar-refractivity contribution in [3.8, 4) is 0 Å². The van der Waals surface area contributed by atoms with Gasteiger partial charge in [-0.1, -0.05) is 35.9 Å². The van der Waals surface area contributed by atoms with E-state index in [0.717, 1.165) is 19.4 Å². The van der Waals surface area contributed by atoms with Crippen LogP contribution in [0.3, 0.4) is 0 Å². The Morgan fingerprint density at radius 3 is 2.93 bits per heavy atom. The summed E-state index contributed by atoms with van der Waals surface area (Å²) in [6.07, 6.45) is 4.22. The lowest BCUT2D eigenvalue weighted by Gasteiger charge is -2.12. The molecular weight excluding hydrogens is 182 g/mol. The topological polar surface area (TPSA) is 12.0 Å². The largest absolute Gasteiger partial charge is 0.310 e. The molecule has 0 unspecified atom stereocenters. The zero-order chi connectivity index (χ0) is 11.1. The Bertz CT molecular complexity index is 304. The summed E-state index contributed by atoms with van der Waals surface area (Å²) in [5, 5.41) is 3.51. The monoisotopic (exact) mass is 203 g/mol. The molecule has 1 rings (SSSR count). The molecule has 1 aromatic carbocycles. The van der Waals surface area contributed by atoms with E-state index in [9.17, 15) is 0 Å². The van der Waals surface area contributed by atoms with Gasteiger partial charge in [0.15, 0.2) is 0 Å². The second-order valence-electron chi connectivity index (χ2n) is 4.14. The molecule has 0 spiro atoms. The van der Waals surface area contributed by atoms with Crippen LogP contribution in [0.4, 0.5) is 0 Å². The number of benzene rings is 1. The van der Waals surface area contributed by atoms with E-state index in [0.29, 0.717) is 6.04 Å². The summed E-state index contributed by atoms with van der Waals surface area (Å²) < 4.78 is 0. The molecule has 1 N–H and O–H groups in total.